The van der Waals surface area contributed by atoms with Gasteiger partial charge in [-0.3, -0.25) is 14.9 Å². The van der Waals surface area contributed by atoms with Crippen LogP contribution in [0.2, 0.25) is 5.02 Å². The number of benzene rings is 2. The Bertz CT molecular complexity index is 1090. The topological polar surface area (TPSA) is 77.6 Å². The van der Waals surface area contributed by atoms with Crippen molar-refractivity contribution in [2.75, 3.05) is 12.0 Å². The van der Waals surface area contributed by atoms with E-state index in [9.17, 15) is 14.9 Å². The third-order valence-electron chi connectivity index (χ3n) is 4.81. The highest BCUT2D eigenvalue weighted by Crippen LogP contribution is 2.35. The molecule has 7 nitrogen and oxygen atoms in total. The molecule has 1 amide bonds. The quantitative estimate of drug-likeness (QED) is 0.488. The Labute approximate surface area is 165 Å². The second-order valence-electron chi connectivity index (χ2n) is 6.41. The maximum absolute atomic E-state index is 13.4. The Hall–Kier alpha value is -3.32. The van der Waals surface area contributed by atoms with Crippen LogP contribution in [0, 0.1) is 10.1 Å². The van der Waals surface area contributed by atoms with Gasteiger partial charge in [0, 0.05) is 36.3 Å². The number of para-hydroxylation sites is 1. The summed E-state index contributed by atoms with van der Waals surface area (Å²) in [6.45, 7) is 1.01. The number of aromatic nitrogens is 1. The number of carbonyl (C=O) groups excluding carboxylic acids is 1. The van der Waals surface area contributed by atoms with E-state index >= 15 is 0 Å². The predicted octanol–water partition coefficient (Wildman–Crippen LogP) is 4.27. The van der Waals surface area contributed by atoms with E-state index in [1.54, 1.807) is 4.90 Å². The minimum Gasteiger partial charge on any atom is -0.490 e. The van der Waals surface area contributed by atoms with Crippen molar-refractivity contribution in [1.82, 2.24) is 4.57 Å². The molecule has 0 radical (unpaired) electrons. The largest absolute Gasteiger partial charge is 0.490 e. The number of rotatable bonds is 3. The van der Waals surface area contributed by atoms with E-state index in [-0.39, 0.29) is 27.9 Å². The fraction of sp³-hybridized carbons (Fsp3) is 0.150. The molecule has 1 aromatic heterocycles. The molecule has 0 saturated carbocycles. The first-order valence-electron chi connectivity index (χ1n) is 8.55. The van der Waals surface area contributed by atoms with Crippen LogP contribution in [-0.2, 0) is 13.1 Å². The molecular weight excluding hydrogens is 382 g/mol. The van der Waals surface area contributed by atoms with Crippen molar-refractivity contribution in [1.29, 1.82) is 0 Å². The van der Waals surface area contributed by atoms with Crippen molar-refractivity contribution < 1.29 is 14.5 Å². The molecule has 2 heterocycles. The molecule has 1 aliphatic rings. The summed E-state index contributed by atoms with van der Waals surface area (Å²) in [5.74, 6) is -0.357. The Morgan fingerprint density at radius 1 is 1.18 bits per heavy atom. The summed E-state index contributed by atoms with van der Waals surface area (Å²) in [4.78, 5) is 25.7. The van der Waals surface area contributed by atoms with Crippen LogP contribution in [-0.4, -0.2) is 22.5 Å². The van der Waals surface area contributed by atoms with Crippen molar-refractivity contribution in [2.24, 2.45) is 0 Å². The first-order chi connectivity index (χ1) is 13.5. The lowest BCUT2D eigenvalue weighted by Crippen LogP contribution is -2.31. The van der Waals surface area contributed by atoms with Crippen LogP contribution in [0.25, 0.3) is 0 Å². The van der Waals surface area contributed by atoms with Crippen molar-refractivity contribution >= 4 is 28.9 Å². The number of nitro groups is 1. The molecule has 2 aromatic carbocycles. The second kappa shape index (κ2) is 7.01. The molecule has 3 aromatic rings. The van der Waals surface area contributed by atoms with Gasteiger partial charge in [0.15, 0.2) is 5.75 Å². The van der Waals surface area contributed by atoms with E-state index < -0.39 is 4.92 Å². The molecule has 1 aliphatic heterocycles. The minimum atomic E-state index is -0.590. The van der Waals surface area contributed by atoms with Gasteiger partial charge in [0.1, 0.15) is 0 Å². The molecule has 0 saturated heterocycles. The molecule has 0 fully saturated rings. The van der Waals surface area contributed by atoms with Gasteiger partial charge in [0.05, 0.1) is 29.2 Å². The normalized spacial score (nSPS) is 12.7. The Kier molecular flexibility index (Phi) is 4.52. The van der Waals surface area contributed by atoms with Crippen LogP contribution >= 0.6 is 11.6 Å². The molecule has 0 spiro atoms. The predicted molar refractivity (Wildman–Crippen MR) is 105 cm³/mol. The zero-order valence-electron chi connectivity index (χ0n) is 15.0. The number of fused-ring (bicyclic) bond motifs is 2. The number of carbonyl (C=O) groups is 1. The highest BCUT2D eigenvalue weighted by atomic mass is 35.5. The molecule has 8 heteroatoms. The van der Waals surface area contributed by atoms with Crippen LogP contribution in [0.5, 0.6) is 5.75 Å². The fourth-order valence-electron chi connectivity index (χ4n) is 3.43. The number of halogens is 1. The number of anilines is 1. The zero-order chi connectivity index (χ0) is 19.8. The molecule has 0 atom stereocenters. The summed E-state index contributed by atoms with van der Waals surface area (Å²) in [5.41, 5.74) is 2.63. The van der Waals surface area contributed by atoms with E-state index in [0.717, 1.165) is 23.0 Å². The van der Waals surface area contributed by atoms with Crippen molar-refractivity contribution in [2.45, 2.75) is 13.1 Å². The van der Waals surface area contributed by atoms with Crippen LogP contribution in [0.4, 0.5) is 11.4 Å². The maximum atomic E-state index is 13.4. The first kappa shape index (κ1) is 18.1. The van der Waals surface area contributed by atoms with Gasteiger partial charge < -0.3 is 14.2 Å². The number of nitro benzene ring substituents is 1. The lowest BCUT2D eigenvalue weighted by molar-refractivity contribution is -0.385. The number of hydrogen-bond acceptors (Lipinski definition) is 4. The fourth-order valence-corrected chi connectivity index (χ4v) is 3.66. The Morgan fingerprint density at radius 2 is 1.96 bits per heavy atom. The third kappa shape index (κ3) is 2.99. The molecule has 0 unspecified atom stereocenters. The van der Waals surface area contributed by atoms with Crippen LogP contribution in [0.3, 0.4) is 0 Å². The summed E-state index contributed by atoms with van der Waals surface area (Å²) < 4.78 is 7.19. The van der Waals surface area contributed by atoms with Crippen molar-refractivity contribution in [3.8, 4) is 5.75 Å². The zero-order valence-corrected chi connectivity index (χ0v) is 15.7. The third-order valence-corrected chi connectivity index (χ3v) is 5.12. The second-order valence-corrected chi connectivity index (χ2v) is 6.82. The van der Waals surface area contributed by atoms with Gasteiger partial charge in [0.2, 0.25) is 0 Å². The van der Waals surface area contributed by atoms with Gasteiger partial charge in [-0.05, 0) is 23.8 Å². The SMILES string of the molecule is COc1cc(C(=O)N2Cc3cccn3Cc3ccccc32)c(Cl)cc1[N+](=O)[O-]. The van der Waals surface area contributed by atoms with E-state index in [2.05, 4.69) is 4.57 Å². The van der Waals surface area contributed by atoms with Gasteiger partial charge in [-0.15, -0.1) is 0 Å². The minimum absolute atomic E-state index is 0.00890. The number of hydrogen-bond donors (Lipinski definition) is 0. The summed E-state index contributed by atoms with van der Waals surface area (Å²) in [6, 6.07) is 14.0. The highest BCUT2D eigenvalue weighted by molar-refractivity contribution is 6.35. The smallest absolute Gasteiger partial charge is 0.312 e. The van der Waals surface area contributed by atoms with Gasteiger partial charge in [-0.1, -0.05) is 29.8 Å². The van der Waals surface area contributed by atoms with Crippen molar-refractivity contribution in [3.05, 3.63) is 86.7 Å². The van der Waals surface area contributed by atoms with Crippen LogP contribution in [0.1, 0.15) is 21.6 Å². The summed E-state index contributed by atoms with van der Waals surface area (Å²) in [6.07, 6.45) is 1.97. The first-order valence-corrected chi connectivity index (χ1v) is 8.93. The van der Waals surface area contributed by atoms with Gasteiger partial charge >= 0.3 is 5.69 Å². The molecule has 0 aliphatic carbocycles. The molecule has 142 valence electrons. The summed E-state index contributed by atoms with van der Waals surface area (Å²) >= 11 is 6.25. The summed E-state index contributed by atoms with van der Waals surface area (Å²) in [7, 11) is 1.32. The van der Waals surface area contributed by atoms with Gasteiger partial charge in [-0.25, -0.2) is 0 Å². The number of ether oxygens (including phenoxy) is 1. The molecule has 0 bridgehead atoms. The highest BCUT2D eigenvalue weighted by Gasteiger charge is 2.28. The average Bonchev–Trinajstić information content (AvgIpc) is 3.06. The molecule has 4 rings (SSSR count). The summed E-state index contributed by atoms with van der Waals surface area (Å²) in [5, 5.41) is 11.2. The van der Waals surface area contributed by atoms with Gasteiger partial charge in [-0.2, -0.15) is 0 Å². The van der Waals surface area contributed by atoms with E-state index in [1.165, 1.54) is 13.2 Å². The van der Waals surface area contributed by atoms with E-state index in [4.69, 9.17) is 16.3 Å². The Morgan fingerprint density at radius 3 is 2.71 bits per heavy atom. The average molecular weight is 398 g/mol. The monoisotopic (exact) mass is 397 g/mol. The van der Waals surface area contributed by atoms with Crippen LogP contribution in [0.15, 0.2) is 54.7 Å². The Balaban J connectivity index is 1.83. The van der Waals surface area contributed by atoms with E-state index in [0.29, 0.717) is 13.1 Å². The molecule has 0 N–H and O–H groups in total. The number of methoxy groups -OCH3 is 1. The molecule has 28 heavy (non-hydrogen) atoms. The lowest BCUT2D eigenvalue weighted by Gasteiger charge is -2.23. The number of amides is 1. The molecular formula is C20H16ClN3O4. The number of nitrogens with zero attached hydrogens (tertiary/aromatic N) is 3. The van der Waals surface area contributed by atoms with Crippen molar-refractivity contribution in [3.63, 3.8) is 0 Å². The van der Waals surface area contributed by atoms with Crippen LogP contribution < -0.4 is 9.64 Å². The maximum Gasteiger partial charge on any atom is 0.312 e. The van der Waals surface area contributed by atoms with E-state index in [1.807, 2.05) is 42.6 Å². The standard InChI is InChI=1S/C20H16ClN3O4/c1-28-19-9-15(16(21)10-18(19)24(26)27)20(25)23-12-14-6-4-8-22(14)11-13-5-2-3-7-17(13)23/h2-10H,11-12H2,1H3. The lowest BCUT2D eigenvalue weighted by atomic mass is 10.1. The van der Waals surface area contributed by atoms with Gasteiger partial charge in [0.25, 0.3) is 5.91 Å².